The lowest BCUT2D eigenvalue weighted by Crippen LogP contribution is -2.36. The van der Waals surface area contributed by atoms with Gasteiger partial charge in [-0.2, -0.15) is 0 Å². The van der Waals surface area contributed by atoms with Gasteiger partial charge in [0.15, 0.2) is 0 Å². The van der Waals surface area contributed by atoms with Crippen LogP contribution in [0, 0.1) is 0 Å². The first-order chi connectivity index (χ1) is 6.45. The first-order valence-electron chi connectivity index (χ1n) is 4.65. The molecule has 1 fully saturated rings. The van der Waals surface area contributed by atoms with Crippen molar-refractivity contribution in [3.63, 3.8) is 0 Å². The third kappa shape index (κ3) is 2.44. The van der Waals surface area contributed by atoms with Crippen molar-refractivity contribution in [3.8, 4) is 0 Å². The summed E-state index contributed by atoms with van der Waals surface area (Å²) in [7, 11) is 0. The van der Waals surface area contributed by atoms with Crippen molar-refractivity contribution < 1.29 is 4.84 Å². The molecule has 0 radical (unpaired) electrons. The second-order valence-electron chi connectivity index (χ2n) is 3.15. The van der Waals surface area contributed by atoms with Crippen LogP contribution in [0.2, 0.25) is 0 Å². The summed E-state index contributed by atoms with van der Waals surface area (Å²) in [5, 5.41) is 3.30. The molecule has 0 aromatic heterocycles. The maximum Gasteiger partial charge on any atom is 0.148 e. The Kier molecular flexibility index (Phi) is 2.79. The molecule has 1 unspecified atom stereocenters. The van der Waals surface area contributed by atoms with Crippen LogP contribution in [0.15, 0.2) is 30.3 Å². The zero-order valence-corrected chi connectivity index (χ0v) is 7.49. The maximum atomic E-state index is 5.32. The zero-order chi connectivity index (χ0) is 8.93. The van der Waals surface area contributed by atoms with Crippen LogP contribution in [0.4, 0.5) is 5.69 Å². The molecular formula is C10H14N2O. The van der Waals surface area contributed by atoms with E-state index >= 15 is 0 Å². The molecule has 1 saturated heterocycles. The number of para-hydroxylation sites is 1. The van der Waals surface area contributed by atoms with Crippen LogP contribution >= 0.6 is 0 Å². The Bertz CT molecular complexity index is 244. The Morgan fingerprint density at radius 3 is 2.85 bits per heavy atom. The Morgan fingerprint density at radius 2 is 2.15 bits per heavy atom. The highest BCUT2D eigenvalue weighted by molar-refractivity contribution is 5.42. The number of hydrogen-bond donors (Lipinski definition) is 2. The van der Waals surface area contributed by atoms with Crippen LogP contribution in [-0.4, -0.2) is 12.8 Å². The van der Waals surface area contributed by atoms with Crippen molar-refractivity contribution in [2.45, 2.75) is 19.1 Å². The zero-order valence-electron chi connectivity index (χ0n) is 7.49. The van der Waals surface area contributed by atoms with Crippen molar-refractivity contribution in [2.24, 2.45) is 0 Å². The van der Waals surface area contributed by atoms with Crippen LogP contribution < -0.4 is 10.8 Å². The highest BCUT2D eigenvalue weighted by Gasteiger charge is 2.12. The molecule has 13 heavy (non-hydrogen) atoms. The van der Waals surface area contributed by atoms with Gasteiger partial charge in [-0.25, -0.2) is 5.48 Å². The van der Waals surface area contributed by atoms with Gasteiger partial charge in [0.2, 0.25) is 0 Å². The average Bonchev–Trinajstić information content (AvgIpc) is 2.21. The molecule has 0 bridgehead atoms. The minimum Gasteiger partial charge on any atom is -0.359 e. The molecule has 3 heteroatoms. The average molecular weight is 178 g/mol. The molecule has 0 amide bonds. The lowest BCUT2D eigenvalue weighted by molar-refractivity contribution is -0.0399. The summed E-state index contributed by atoms with van der Waals surface area (Å²) in [5.74, 6) is 0. The number of rotatable bonds is 2. The third-order valence-electron chi connectivity index (χ3n) is 2.07. The van der Waals surface area contributed by atoms with Crippen molar-refractivity contribution in [3.05, 3.63) is 30.3 Å². The summed E-state index contributed by atoms with van der Waals surface area (Å²) in [6.45, 7) is 0.951. The van der Waals surface area contributed by atoms with Crippen LogP contribution in [0.5, 0.6) is 0 Å². The maximum absolute atomic E-state index is 5.32. The molecule has 0 spiro atoms. The van der Waals surface area contributed by atoms with E-state index in [1.807, 2.05) is 30.3 Å². The fourth-order valence-corrected chi connectivity index (χ4v) is 1.40. The van der Waals surface area contributed by atoms with Crippen molar-refractivity contribution >= 4 is 5.69 Å². The van der Waals surface area contributed by atoms with Crippen LogP contribution in [0.3, 0.4) is 0 Å². The molecule has 1 aromatic rings. The van der Waals surface area contributed by atoms with Gasteiger partial charge in [-0.15, -0.1) is 0 Å². The second kappa shape index (κ2) is 4.25. The van der Waals surface area contributed by atoms with E-state index in [0.717, 1.165) is 25.1 Å². The molecular weight excluding hydrogens is 164 g/mol. The predicted octanol–water partition coefficient (Wildman–Crippen LogP) is 1.74. The normalized spacial score (nSPS) is 22.6. The van der Waals surface area contributed by atoms with E-state index in [4.69, 9.17) is 4.84 Å². The van der Waals surface area contributed by atoms with Gasteiger partial charge in [0, 0.05) is 12.2 Å². The summed E-state index contributed by atoms with van der Waals surface area (Å²) in [6.07, 6.45) is 2.32. The minimum absolute atomic E-state index is 0.108. The van der Waals surface area contributed by atoms with E-state index in [-0.39, 0.29) is 6.23 Å². The first-order valence-corrected chi connectivity index (χ1v) is 4.65. The van der Waals surface area contributed by atoms with Gasteiger partial charge >= 0.3 is 0 Å². The Hall–Kier alpha value is -1.06. The molecule has 1 aliphatic rings. The van der Waals surface area contributed by atoms with E-state index in [1.165, 1.54) is 0 Å². The molecule has 1 aliphatic heterocycles. The molecule has 70 valence electrons. The summed E-state index contributed by atoms with van der Waals surface area (Å²) in [4.78, 5) is 5.32. The van der Waals surface area contributed by atoms with Gasteiger partial charge in [0.05, 0.1) is 0 Å². The number of hydroxylamine groups is 1. The topological polar surface area (TPSA) is 33.3 Å². The molecule has 1 aromatic carbocycles. The van der Waals surface area contributed by atoms with Gasteiger partial charge in [0.25, 0.3) is 0 Å². The van der Waals surface area contributed by atoms with Crippen LogP contribution in [-0.2, 0) is 4.84 Å². The standard InChI is InChI=1S/C10H14N2O/c1-2-5-9(6-3-1)12-10-7-4-8-11-13-10/h1-3,5-6,10-12H,4,7-8H2. The van der Waals surface area contributed by atoms with Crippen LogP contribution in [0.25, 0.3) is 0 Å². The van der Waals surface area contributed by atoms with Gasteiger partial charge in [-0.3, -0.25) is 4.84 Å². The molecule has 3 nitrogen and oxygen atoms in total. The Labute approximate surface area is 78.1 Å². The van der Waals surface area contributed by atoms with E-state index in [1.54, 1.807) is 0 Å². The summed E-state index contributed by atoms with van der Waals surface area (Å²) in [6, 6.07) is 10.1. The summed E-state index contributed by atoms with van der Waals surface area (Å²) < 4.78 is 0. The van der Waals surface area contributed by atoms with Gasteiger partial charge in [0.1, 0.15) is 6.23 Å². The van der Waals surface area contributed by atoms with Crippen LogP contribution in [0.1, 0.15) is 12.8 Å². The number of hydrogen-bond acceptors (Lipinski definition) is 3. The monoisotopic (exact) mass is 178 g/mol. The van der Waals surface area contributed by atoms with Crippen molar-refractivity contribution in [2.75, 3.05) is 11.9 Å². The van der Waals surface area contributed by atoms with Crippen molar-refractivity contribution in [1.82, 2.24) is 5.48 Å². The summed E-state index contributed by atoms with van der Waals surface area (Å²) in [5.41, 5.74) is 4.00. The smallest absolute Gasteiger partial charge is 0.148 e. The number of anilines is 1. The lowest BCUT2D eigenvalue weighted by atomic mass is 10.2. The highest BCUT2D eigenvalue weighted by Crippen LogP contribution is 2.12. The highest BCUT2D eigenvalue weighted by atomic mass is 16.7. The molecule has 0 saturated carbocycles. The largest absolute Gasteiger partial charge is 0.359 e. The molecule has 1 atom stereocenters. The van der Waals surface area contributed by atoms with Gasteiger partial charge in [-0.05, 0) is 25.0 Å². The van der Waals surface area contributed by atoms with Gasteiger partial charge < -0.3 is 5.32 Å². The molecule has 2 rings (SSSR count). The number of nitrogens with one attached hydrogen (secondary N) is 2. The Morgan fingerprint density at radius 1 is 1.31 bits per heavy atom. The third-order valence-corrected chi connectivity index (χ3v) is 2.07. The second-order valence-corrected chi connectivity index (χ2v) is 3.15. The lowest BCUT2D eigenvalue weighted by Gasteiger charge is -2.24. The quantitative estimate of drug-likeness (QED) is 0.723. The first kappa shape index (κ1) is 8.53. The minimum atomic E-state index is 0.108. The van der Waals surface area contributed by atoms with E-state index < -0.39 is 0 Å². The SMILES string of the molecule is c1ccc(NC2CCCNO2)cc1. The van der Waals surface area contributed by atoms with Gasteiger partial charge in [-0.1, -0.05) is 18.2 Å². The van der Waals surface area contributed by atoms with E-state index in [0.29, 0.717) is 0 Å². The molecule has 2 N–H and O–H groups in total. The fraction of sp³-hybridized carbons (Fsp3) is 0.400. The summed E-state index contributed by atoms with van der Waals surface area (Å²) >= 11 is 0. The van der Waals surface area contributed by atoms with E-state index in [9.17, 15) is 0 Å². The van der Waals surface area contributed by atoms with Crippen molar-refractivity contribution in [1.29, 1.82) is 0 Å². The number of benzene rings is 1. The predicted molar refractivity (Wildman–Crippen MR) is 52.2 cm³/mol. The Balaban J connectivity index is 1.90. The molecule has 1 heterocycles. The molecule has 0 aliphatic carbocycles. The van der Waals surface area contributed by atoms with E-state index in [2.05, 4.69) is 10.8 Å². The fourth-order valence-electron chi connectivity index (χ4n) is 1.40.